The smallest absolute Gasteiger partial charge is 0.232 e. The topological polar surface area (TPSA) is 66.0 Å². The predicted molar refractivity (Wildman–Crippen MR) is 54.7 cm³/mol. The SMILES string of the molecule is CCn1nncc1OCCN.Cl.Cl. The van der Waals surface area contributed by atoms with Gasteiger partial charge in [0.2, 0.25) is 5.88 Å². The quantitative estimate of drug-likeness (QED) is 0.815. The van der Waals surface area contributed by atoms with Crippen molar-refractivity contribution in [3.05, 3.63) is 6.20 Å². The molecule has 5 nitrogen and oxygen atoms in total. The molecule has 0 aromatic carbocycles. The average molecular weight is 229 g/mol. The number of rotatable bonds is 4. The van der Waals surface area contributed by atoms with Gasteiger partial charge < -0.3 is 10.5 Å². The molecule has 0 saturated carbocycles. The van der Waals surface area contributed by atoms with Crippen LogP contribution in [0.5, 0.6) is 5.88 Å². The Balaban J connectivity index is 0. The maximum Gasteiger partial charge on any atom is 0.232 e. The fourth-order valence-corrected chi connectivity index (χ4v) is 0.743. The van der Waals surface area contributed by atoms with E-state index < -0.39 is 0 Å². The highest BCUT2D eigenvalue weighted by Gasteiger charge is 2.00. The zero-order valence-electron chi connectivity index (χ0n) is 7.34. The maximum atomic E-state index is 5.26. The molecule has 1 heterocycles. The third-order valence-corrected chi connectivity index (χ3v) is 1.25. The van der Waals surface area contributed by atoms with Crippen LogP contribution >= 0.6 is 24.8 Å². The van der Waals surface area contributed by atoms with Crippen LogP contribution in [-0.2, 0) is 6.54 Å². The monoisotopic (exact) mass is 228 g/mol. The number of nitrogens with zero attached hydrogens (tertiary/aromatic N) is 3. The van der Waals surface area contributed by atoms with E-state index in [-0.39, 0.29) is 24.8 Å². The standard InChI is InChI=1S/C6H12N4O.2ClH/c1-2-10-6(5-8-9-10)11-4-3-7;;/h5H,2-4,7H2,1H3;2*1H. The van der Waals surface area contributed by atoms with Gasteiger partial charge in [0.15, 0.2) is 0 Å². The molecule has 0 atom stereocenters. The minimum absolute atomic E-state index is 0. The van der Waals surface area contributed by atoms with Crippen LogP contribution in [0.25, 0.3) is 0 Å². The van der Waals surface area contributed by atoms with E-state index in [0.29, 0.717) is 19.0 Å². The summed E-state index contributed by atoms with van der Waals surface area (Å²) in [5, 5.41) is 7.48. The Kier molecular flexibility index (Phi) is 9.33. The van der Waals surface area contributed by atoms with E-state index in [4.69, 9.17) is 10.5 Å². The molecule has 0 fully saturated rings. The van der Waals surface area contributed by atoms with Crippen LogP contribution in [0.1, 0.15) is 6.92 Å². The van der Waals surface area contributed by atoms with Gasteiger partial charge in [0.1, 0.15) is 12.8 Å². The van der Waals surface area contributed by atoms with Crippen molar-refractivity contribution in [1.29, 1.82) is 0 Å². The van der Waals surface area contributed by atoms with Crippen LogP contribution in [0.15, 0.2) is 6.20 Å². The fourth-order valence-electron chi connectivity index (χ4n) is 0.743. The molecule has 0 saturated heterocycles. The van der Waals surface area contributed by atoms with Gasteiger partial charge in [0.25, 0.3) is 0 Å². The summed E-state index contributed by atoms with van der Waals surface area (Å²) in [6, 6.07) is 0. The molecule has 13 heavy (non-hydrogen) atoms. The first-order chi connectivity index (χ1) is 5.38. The first kappa shape index (κ1) is 15.0. The van der Waals surface area contributed by atoms with Crippen molar-refractivity contribution in [3.8, 4) is 5.88 Å². The summed E-state index contributed by atoms with van der Waals surface area (Å²) in [5.41, 5.74) is 5.26. The highest BCUT2D eigenvalue weighted by atomic mass is 35.5. The molecular formula is C6H14Cl2N4O. The van der Waals surface area contributed by atoms with E-state index in [1.54, 1.807) is 10.9 Å². The zero-order chi connectivity index (χ0) is 8.10. The van der Waals surface area contributed by atoms with Crippen LogP contribution < -0.4 is 10.5 Å². The Bertz CT molecular complexity index is 218. The van der Waals surface area contributed by atoms with Gasteiger partial charge in [-0.2, -0.15) is 0 Å². The van der Waals surface area contributed by atoms with Crippen LogP contribution in [0.3, 0.4) is 0 Å². The summed E-state index contributed by atoms with van der Waals surface area (Å²) in [4.78, 5) is 0. The molecule has 7 heteroatoms. The Labute approximate surface area is 89.4 Å². The molecule has 0 amide bonds. The molecule has 1 aromatic rings. The van der Waals surface area contributed by atoms with Gasteiger partial charge in [-0.25, -0.2) is 4.68 Å². The van der Waals surface area contributed by atoms with Crippen molar-refractivity contribution < 1.29 is 4.74 Å². The lowest BCUT2D eigenvalue weighted by Gasteiger charge is -2.03. The van der Waals surface area contributed by atoms with E-state index in [0.717, 1.165) is 6.54 Å². The highest BCUT2D eigenvalue weighted by molar-refractivity contribution is 5.85. The van der Waals surface area contributed by atoms with Crippen LogP contribution in [0.2, 0.25) is 0 Å². The Morgan fingerprint density at radius 1 is 1.54 bits per heavy atom. The Morgan fingerprint density at radius 3 is 2.77 bits per heavy atom. The largest absolute Gasteiger partial charge is 0.475 e. The van der Waals surface area contributed by atoms with Gasteiger partial charge in [0, 0.05) is 13.1 Å². The van der Waals surface area contributed by atoms with Crippen LogP contribution in [0, 0.1) is 0 Å². The summed E-state index contributed by atoms with van der Waals surface area (Å²) in [6.07, 6.45) is 1.58. The molecule has 0 radical (unpaired) electrons. The van der Waals surface area contributed by atoms with Crippen LogP contribution in [0.4, 0.5) is 0 Å². The molecule has 1 rings (SSSR count). The molecule has 0 bridgehead atoms. The summed E-state index contributed by atoms with van der Waals surface area (Å²) >= 11 is 0. The third-order valence-electron chi connectivity index (χ3n) is 1.25. The second-order valence-electron chi connectivity index (χ2n) is 2.03. The lowest BCUT2D eigenvalue weighted by molar-refractivity contribution is 0.294. The van der Waals surface area contributed by atoms with Gasteiger partial charge in [-0.3, -0.25) is 0 Å². The second kappa shape index (κ2) is 8.10. The number of hydrogen-bond acceptors (Lipinski definition) is 4. The van der Waals surface area contributed by atoms with Crippen LogP contribution in [-0.4, -0.2) is 28.1 Å². The first-order valence-electron chi connectivity index (χ1n) is 3.59. The predicted octanol–water partition coefficient (Wildman–Crippen LogP) is 0.479. The van der Waals surface area contributed by atoms with E-state index >= 15 is 0 Å². The lowest BCUT2D eigenvalue weighted by Crippen LogP contribution is -2.12. The van der Waals surface area contributed by atoms with E-state index in [2.05, 4.69) is 10.3 Å². The van der Waals surface area contributed by atoms with Crippen molar-refractivity contribution in [1.82, 2.24) is 15.0 Å². The van der Waals surface area contributed by atoms with Crippen molar-refractivity contribution in [2.24, 2.45) is 5.73 Å². The van der Waals surface area contributed by atoms with E-state index in [9.17, 15) is 0 Å². The molecule has 0 aliphatic rings. The minimum Gasteiger partial charge on any atom is -0.475 e. The van der Waals surface area contributed by atoms with Gasteiger partial charge in [0.05, 0.1) is 0 Å². The first-order valence-corrected chi connectivity index (χ1v) is 3.59. The molecule has 0 spiro atoms. The van der Waals surface area contributed by atoms with Crippen molar-refractivity contribution in [2.45, 2.75) is 13.5 Å². The Hall–Kier alpha value is -0.520. The lowest BCUT2D eigenvalue weighted by atomic mass is 10.7. The van der Waals surface area contributed by atoms with E-state index in [1.165, 1.54) is 0 Å². The van der Waals surface area contributed by atoms with Crippen molar-refractivity contribution >= 4 is 24.8 Å². The normalized spacial score (nSPS) is 8.46. The summed E-state index contributed by atoms with van der Waals surface area (Å²) < 4.78 is 6.91. The zero-order valence-corrected chi connectivity index (χ0v) is 8.98. The average Bonchev–Trinajstić information content (AvgIpc) is 2.47. The Morgan fingerprint density at radius 2 is 2.23 bits per heavy atom. The number of aryl methyl sites for hydroxylation is 1. The molecule has 1 aromatic heterocycles. The maximum absolute atomic E-state index is 5.26. The number of hydrogen-bond donors (Lipinski definition) is 1. The fraction of sp³-hybridized carbons (Fsp3) is 0.667. The minimum atomic E-state index is 0. The summed E-state index contributed by atoms with van der Waals surface area (Å²) in [7, 11) is 0. The summed E-state index contributed by atoms with van der Waals surface area (Å²) in [5.74, 6) is 0.679. The molecular weight excluding hydrogens is 215 g/mol. The molecule has 0 unspecified atom stereocenters. The highest BCUT2D eigenvalue weighted by Crippen LogP contribution is 2.05. The van der Waals surface area contributed by atoms with Gasteiger partial charge in [-0.1, -0.05) is 5.21 Å². The second-order valence-corrected chi connectivity index (χ2v) is 2.03. The van der Waals surface area contributed by atoms with Gasteiger partial charge in [-0.15, -0.1) is 29.9 Å². The number of halogens is 2. The van der Waals surface area contributed by atoms with Gasteiger partial charge in [-0.05, 0) is 6.92 Å². The number of aromatic nitrogens is 3. The molecule has 0 aliphatic heterocycles. The van der Waals surface area contributed by atoms with Crippen molar-refractivity contribution in [3.63, 3.8) is 0 Å². The third kappa shape index (κ3) is 4.31. The molecule has 0 aliphatic carbocycles. The number of ether oxygens (including phenoxy) is 1. The molecule has 78 valence electrons. The molecule has 2 N–H and O–H groups in total. The number of nitrogens with two attached hydrogens (primary N) is 1. The van der Waals surface area contributed by atoms with E-state index in [1.807, 2.05) is 6.92 Å². The van der Waals surface area contributed by atoms with Gasteiger partial charge >= 0.3 is 0 Å². The summed E-state index contributed by atoms with van der Waals surface area (Å²) in [6.45, 7) is 3.76. The van der Waals surface area contributed by atoms with Crippen molar-refractivity contribution in [2.75, 3.05) is 13.2 Å².